The van der Waals surface area contributed by atoms with E-state index in [2.05, 4.69) is 4.99 Å². The number of amides is 1. The molecule has 1 aromatic rings. The van der Waals surface area contributed by atoms with E-state index >= 15 is 0 Å². The molecule has 0 heterocycles. The van der Waals surface area contributed by atoms with Crippen LogP contribution in [0.1, 0.15) is 24.2 Å². The number of esters is 2. The lowest BCUT2D eigenvalue weighted by molar-refractivity contribution is -0.134. The summed E-state index contributed by atoms with van der Waals surface area (Å²) in [7, 11) is 0. The van der Waals surface area contributed by atoms with Crippen molar-refractivity contribution < 1.29 is 28.7 Å². The third-order valence-corrected chi connectivity index (χ3v) is 1.86. The second-order valence-corrected chi connectivity index (χ2v) is 3.33. The predicted molar refractivity (Wildman–Crippen MR) is 61.5 cm³/mol. The first-order valence-electron chi connectivity index (χ1n) is 5.07. The van der Waals surface area contributed by atoms with E-state index in [9.17, 15) is 19.2 Å². The van der Waals surface area contributed by atoms with Crippen molar-refractivity contribution in [1.29, 1.82) is 0 Å². The van der Waals surface area contributed by atoms with Gasteiger partial charge in [0.25, 0.3) is 5.91 Å². The number of carbonyl (C=O) groups excluding carboxylic acids is 4. The van der Waals surface area contributed by atoms with Gasteiger partial charge in [-0.05, 0) is 12.1 Å². The van der Waals surface area contributed by atoms with Gasteiger partial charge in [0.05, 0.1) is 5.56 Å². The molecular weight excluding hydrogens is 254 g/mol. The zero-order valence-corrected chi connectivity index (χ0v) is 10.1. The lowest BCUT2D eigenvalue weighted by atomic mass is 10.1. The molecule has 1 amide bonds. The Morgan fingerprint density at radius 1 is 1.11 bits per heavy atom. The molecule has 7 heteroatoms. The molecule has 0 spiro atoms. The van der Waals surface area contributed by atoms with Crippen molar-refractivity contribution >= 4 is 23.9 Å². The normalized spacial score (nSPS) is 9.16. The Morgan fingerprint density at radius 2 is 1.74 bits per heavy atom. The summed E-state index contributed by atoms with van der Waals surface area (Å²) in [5.41, 5.74) is -0.183. The molecule has 0 fully saturated rings. The number of para-hydroxylation sites is 1. The van der Waals surface area contributed by atoms with Gasteiger partial charge in [0, 0.05) is 13.8 Å². The fourth-order valence-corrected chi connectivity index (χ4v) is 1.27. The maximum absolute atomic E-state index is 11.5. The number of nitrogens with zero attached hydrogens (tertiary/aromatic N) is 1. The standard InChI is InChI=1S/C12H9NO6/c1-7(15)18-10-5-3-4-9(12(17)13-6-14)11(10)19-8(2)16/h3-5H,1-2H3. The van der Waals surface area contributed by atoms with Crippen molar-refractivity contribution in [3.63, 3.8) is 0 Å². The number of rotatable bonds is 3. The van der Waals surface area contributed by atoms with E-state index in [0.717, 1.165) is 19.9 Å². The molecule has 19 heavy (non-hydrogen) atoms. The molecule has 0 unspecified atom stereocenters. The van der Waals surface area contributed by atoms with Gasteiger partial charge in [-0.25, -0.2) is 4.79 Å². The second kappa shape index (κ2) is 6.23. The summed E-state index contributed by atoms with van der Waals surface area (Å²) in [6.07, 6.45) is 1.08. The van der Waals surface area contributed by atoms with Gasteiger partial charge in [0.2, 0.25) is 6.08 Å². The van der Waals surface area contributed by atoms with Gasteiger partial charge in [0.15, 0.2) is 11.5 Å². The predicted octanol–water partition coefficient (Wildman–Crippen LogP) is 1.01. The van der Waals surface area contributed by atoms with Gasteiger partial charge in [-0.1, -0.05) is 6.07 Å². The monoisotopic (exact) mass is 263 g/mol. The van der Waals surface area contributed by atoms with E-state index in [1.54, 1.807) is 0 Å². The average Bonchev–Trinajstić information content (AvgIpc) is 2.30. The summed E-state index contributed by atoms with van der Waals surface area (Å²) >= 11 is 0. The van der Waals surface area contributed by atoms with Gasteiger partial charge >= 0.3 is 11.9 Å². The van der Waals surface area contributed by atoms with Crippen LogP contribution in [0.5, 0.6) is 11.5 Å². The molecule has 7 nitrogen and oxygen atoms in total. The fourth-order valence-electron chi connectivity index (χ4n) is 1.27. The highest BCUT2D eigenvalue weighted by molar-refractivity contribution is 6.01. The summed E-state index contributed by atoms with van der Waals surface area (Å²) < 4.78 is 9.62. The van der Waals surface area contributed by atoms with E-state index < -0.39 is 17.8 Å². The second-order valence-electron chi connectivity index (χ2n) is 3.33. The van der Waals surface area contributed by atoms with Crippen molar-refractivity contribution in [3.8, 4) is 11.5 Å². The highest BCUT2D eigenvalue weighted by Gasteiger charge is 2.19. The Morgan fingerprint density at radius 3 is 2.26 bits per heavy atom. The van der Waals surface area contributed by atoms with Crippen molar-refractivity contribution in [3.05, 3.63) is 23.8 Å². The van der Waals surface area contributed by atoms with Crippen LogP contribution in [-0.2, 0) is 14.4 Å². The van der Waals surface area contributed by atoms with Crippen molar-refractivity contribution in [2.24, 2.45) is 4.99 Å². The Balaban J connectivity index is 3.36. The Kier molecular flexibility index (Phi) is 4.68. The van der Waals surface area contributed by atoms with Crippen LogP contribution >= 0.6 is 0 Å². The first kappa shape index (κ1) is 14.3. The lowest BCUT2D eigenvalue weighted by Crippen LogP contribution is -2.10. The SMILES string of the molecule is CC(=O)Oc1cccc(C(=O)N=C=O)c1OC(C)=O. The summed E-state index contributed by atoms with van der Waals surface area (Å²) in [4.78, 5) is 46.4. The summed E-state index contributed by atoms with van der Waals surface area (Å²) in [5, 5.41) is 0. The van der Waals surface area contributed by atoms with Crippen LogP contribution in [0.15, 0.2) is 23.2 Å². The van der Waals surface area contributed by atoms with Gasteiger partial charge < -0.3 is 9.47 Å². The Hall–Kier alpha value is -2.79. The van der Waals surface area contributed by atoms with Gasteiger partial charge in [-0.3, -0.25) is 14.4 Å². The molecule has 0 saturated carbocycles. The molecule has 0 saturated heterocycles. The molecule has 98 valence electrons. The number of isocyanates is 1. The van der Waals surface area contributed by atoms with E-state index in [-0.39, 0.29) is 17.1 Å². The van der Waals surface area contributed by atoms with Crippen LogP contribution in [0.4, 0.5) is 0 Å². The van der Waals surface area contributed by atoms with Crippen molar-refractivity contribution in [2.45, 2.75) is 13.8 Å². The number of ether oxygens (including phenoxy) is 2. The number of carbonyl (C=O) groups is 3. The van der Waals surface area contributed by atoms with Crippen molar-refractivity contribution in [1.82, 2.24) is 0 Å². The maximum Gasteiger partial charge on any atom is 0.308 e. The fraction of sp³-hybridized carbons (Fsp3) is 0.167. The number of hydrogen-bond acceptors (Lipinski definition) is 6. The van der Waals surface area contributed by atoms with Gasteiger partial charge in [-0.15, -0.1) is 4.99 Å². The highest BCUT2D eigenvalue weighted by Crippen LogP contribution is 2.32. The first-order valence-corrected chi connectivity index (χ1v) is 5.07. The van der Waals surface area contributed by atoms with Crippen LogP contribution in [0.25, 0.3) is 0 Å². The molecule has 1 rings (SSSR count). The molecule has 0 atom stereocenters. The van der Waals surface area contributed by atoms with Gasteiger partial charge in [-0.2, -0.15) is 0 Å². The largest absolute Gasteiger partial charge is 0.423 e. The topological polar surface area (TPSA) is 99.1 Å². The minimum atomic E-state index is -0.958. The zero-order valence-electron chi connectivity index (χ0n) is 10.1. The lowest BCUT2D eigenvalue weighted by Gasteiger charge is -2.10. The van der Waals surface area contributed by atoms with Crippen LogP contribution in [0.3, 0.4) is 0 Å². The van der Waals surface area contributed by atoms with Gasteiger partial charge in [0.1, 0.15) is 0 Å². The summed E-state index contributed by atoms with van der Waals surface area (Å²) in [6.45, 7) is 2.26. The molecule has 0 aliphatic heterocycles. The Bertz CT molecular complexity index is 586. The third kappa shape index (κ3) is 3.86. The quantitative estimate of drug-likeness (QED) is 0.349. The molecule has 0 aliphatic carbocycles. The molecule has 0 N–H and O–H groups in total. The molecular formula is C12H9NO6. The molecule has 1 aromatic carbocycles. The maximum atomic E-state index is 11.5. The summed E-state index contributed by atoms with van der Waals surface area (Å²) in [6, 6.07) is 3.99. The van der Waals surface area contributed by atoms with Crippen LogP contribution in [0, 0.1) is 0 Å². The number of benzene rings is 1. The smallest absolute Gasteiger partial charge is 0.308 e. The highest BCUT2D eigenvalue weighted by atomic mass is 16.6. The van der Waals surface area contributed by atoms with E-state index in [0.29, 0.717) is 0 Å². The molecule has 0 bridgehead atoms. The van der Waals surface area contributed by atoms with Crippen LogP contribution in [-0.4, -0.2) is 23.9 Å². The third-order valence-electron chi connectivity index (χ3n) is 1.86. The minimum absolute atomic E-state index is 0.116. The van der Waals surface area contributed by atoms with E-state index in [1.165, 1.54) is 18.2 Å². The Labute approximate surface area is 107 Å². The molecule has 0 radical (unpaired) electrons. The molecule has 0 aromatic heterocycles. The van der Waals surface area contributed by atoms with Crippen LogP contribution in [0.2, 0.25) is 0 Å². The average molecular weight is 263 g/mol. The summed E-state index contributed by atoms with van der Waals surface area (Å²) in [5.74, 6) is -2.72. The zero-order chi connectivity index (χ0) is 14.4. The van der Waals surface area contributed by atoms with E-state index in [1.807, 2.05) is 0 Å². The van der Waals surface area contributed by atoms with E-state index in [4.69, 9.17) is 9.47 Å². The first-order chi connectivity index (χ1) is 8.95. The number of hydrogen-bond donors (Lipinski definition) is 0. The van der Waals surface area contributed by atoms with Crippen molar-refractivity contribution in [2.75, 3.05) is 0 Å². The minimum Gasteiger partial charge on any atom is -0.423 e. The molecule has 0 aliphatic rings. The van der Waals surface area contributed by atoms with Crippen LogP contribution < -0.4 is 9.47 Å². The number of aliphatic imine (C=N–C) groups is 1.